The van der Waals surface area contributed by atoms with Gasteiger partial charge in [0.2, 0.25) is 5.78 Å². The SMILES string of the molecule is Cn1ccnc1C(=O)c1ccc(N2CCCCC2)c([N+](=O)[O-])c1. The van der Waals surface area contributed by atoms with E-state index in [2.05, 4.69) is 4.98 Å². The van der Waals surface area contributed by atoms with Crippen LogP contribution in [-0.2, 0) is 7.05 Å². The number of ketones is 1. The second kappa shape index (κ2) is 6.20. The van der Waals surface area contributed by atoms with Crippen molar-refractivity contribution in [2.45, 2.75) is 19.3 Å². The monoisotopic (exact) mass is 314 g/mol. The maximum absolute atomic E-state index is 12.5. The highest BCUT2D eigenvalue weighted by molar-refractivity contribution is 6.07. The van der Waals surface area contributed by atoms with Crippen LogP contribution < -0.4 is 4.90 Å². The molecule has 0 spiro atoms. The van der Waals surface area contributed by atoms with E-state index < -0.39 is 4.92 Å². The molecule has 0 N–H and O–H groups in total. The average Bonchev–Trinajstić information content (AvgIpc) is 3.00. The van der Waals surface area contributed by atoms with Crippen LogP contribution in [0.2, 0.25) is 0 Å². The quantitative estimate of drug-likeness (QED) is 0.492. The summed E-state index contributed by atoms with van der Waals surface area (Å²) < 4.78 is 1.60. The van der Waals surface area contributed by atoms with Crippen LogP contribution in [0.4, 0.5) is 11.4 Å². The summed E-state index contributed by atoms with van der Waals surface area (Å²) in [7, 11) is 1.72. The fourth-order valence-electron chi connectivity index (χ4n) is 2.93. The van der Waals surface area contributed by atoms with Gasteiger partial charge in [0.15, 0.2) is 5.82 Å². The Morgan fingerprint density at radius 1 is 1.26 bits per heavy atom. The van der Waals surface area contributed by atoms with Gasteiger partial charge in [0.05, 0.1) is 4.92 Å². The number of carbonyl (C=O) groups is 1. The first-order valence-corrected chi connectivity index (χ1v) is 7.63. The topological polar surface area (TPSA) is 81.3 Å². The van der Waals surface area contributed by atoms with Crippen molar-refractivity contribution in [1.82, 2.24) is 9.55 Å². The van der Waals surface area contributed by atoms with Crippen LogP contribution in [-0.4, -0.2) is 33.3 Å². The number of hydrogen-bond acceptors (Lipinski definition) is 5. The lowest BCUT2D eigenvalue weighted by Gasteiger charge is -2.28. The Hall–Kier alpha value is -2.70. The Morgan fingerprint density at radius 3 is 2.61 bits per heavy atom. The normalized spacial score (nSPS) is 14.7. The third kappa shape index (κ3) is 2.94. The molecule has 0 bridgehead atoms. The molecule has 2 aromatic rings. The predicted octanol–water partition coefficient (Wildman–Crippen LogP) is 2.55. The van der Waals surface area contributed by atoms with Gasteiger partial charge < -0.3 is 9.47 Å². The summed E-state index contributed by atoms with van der Waals surface area (Å²) in [6, 6.07) is 4.69. The number of imidazole rings is 1. The van der Waals surface area contributed by atoms with Gasteiger partial charge in [-0.15, -0.1) is 0 Å². The molecule has 7 nitrogen and oxygen atoms in total. The zero-order valence-corrected chi connectivity index (χ0v) is 12.9. The number of carbonyl (C=O) groups excluding carboxylic acids is 1. The molecule has 1 saturated heterocycles. The number of nitro benzene ring substituents is 1. The molecule has 7 heteroatoms. The summed E-state index contributed by atoms with van der Waals surface area (Å²) in [5.74, 6) is -0.0455. The molecular formula is C16H18N4O3. The molecular weight excluding hydrogens is 296 g/mol. The van der Waals surface area contributed by atoms with Gasteiger partial charge in [-0.2, -0.15) is 0 Å². The van der Waals surface area contributed by atoms with Gasteiger partial charge in [0, 0.05) is 44.2 Å². The first-order valence-electron chi connectivity index (χ1n) is 7.63. The fraction of sp³-hybridized carbons (Fsp3) is 0.375. The van der Waals surface area contributed by atoms with Gasteiger partial charge in [-0.05, 0) is 31.4 Å². The summed E-state index contributed by atoms with van der Waals surface area (Å²) in [5, 5.41) is 11.4. The molecule has 0 saturated carbocycles. The number of benzene rings is 1. The average molecular weight is 314 g/mol. The second-order valence-electron chi connectivity index (χ2n) is 5.70. The van der Waals surface area contributed by atoms with Crippen LogP contribution in [0.15, 0.2) is 30.6 Å². The minimum absolute atomic E-state index is 0.0213. The van der Waals surface area contributed by atoms with Crippen molar-refractivity contribution in [2.24, 2.45) is 7.05 Å². The molecule has 0 radical (unpaired) electrons. The number of aryl methyl sites for hydroxylation is 1. The van der Waals surface area contributed by atoms with Crippen molar-refractivity contribution in [3.05, 3.63) is 52.1 Å². The molecule has 0 amide bonds. The van der Waals surface area contributed by atoms with Crippen LogP contribution in [0, 0.1) is 10.1 Å². The number of piperidine rings is 1. The van der Waals surface area contributed by atoms with E-state index >= 15 is 0 Å². The molecule has 0 atom stereocenters. The first kappa shape index (κ1) is 15.2. The molecule has 1 aliphatic rings. The summed E-state index contributed by atoms with van der Waals surface area (Å²) in [4.78, 5) is 29.5. The van der Waals surface area contributed by atoms with E-state index in [9.17, 15) is 14.9 Å². The first-order chi connectivity index (χ1) is 11.1. The number of aromatic nitrogens is 2. The van der Waals surface area contributed by atoms with Crippen LogP contribution in [0.1, 0.15) is 35.4 Å². The lowest BCUT2D eigenvalue weighted by atomic mass is 10.1. The smallest absolute Gasteiger partial charge is 0.293 e. The minimum atomic E-state index is -0.418. The van der Waals surface area contributed by atoms with Crippen molar-refractivity contribution in [1.29, 1.82) is 0 Å². The Balaban J connectivity index is 1.98. The lowest BCUT2D eigenvalue weighted by molar-refractivity contribution is -0.384. The summed E-state index contributed by atoms with van der Waals surface area (Å²) in [6.45, 7) is 1.63. The van der Waals surface area contributed by atoms with Gasteiger partial charge >= 0.3 is 0 Å². The second-order valence-corrected chi connectivity index (χ2v) is 5.70. The number of anilines is 1. The molecule has 1 aliphatic heterocycles. The van der Waals surface area contributed by atoms with E-state index in [1.54, 1.807) is 29.9 Å². The largest absolute Gasteiger partial charge is 0.366 e. The number of nitrogens with zero attached hydrogens (tertiary/aromatic N) is 4. The molecule has 120 valence electrons. The zero-order chi connectivity index (χ0) is 16.4. The summed E-state index contributed by atoms with van der Waals surface area (Å²) >= 11 is 0. The lowest BCUT2D eigenvalue weighted by Crippen LogP contribution is -2.30. The molecule has 1 fully saturated rings. The molecule has 23 heavy (non-hydrogen) atoms. The van der Waals surface area contributed by atoms with Crippen molar-refractivity contribution in [2.75, 3.05) is 18.0 Å². The Morgan fingerprint density at radius 2 is 2.00 bits per heavy atom. The van der Waals surface area contributed by atoms with Crippen molar-refractivity contribution >= 4 is 17.2 Å². The maximum atomic E-state index is 12.5. The highest BCUT2D eigenvalue weighted by Gasteiger charge is 2.24. The third-order valence-electron chi connectivity index (χ3n) is 4.16. The molecule has 3 rings (SSSR count). The highest BCUT2D eigenvalue weighted by Crippen LogP contribution is 2.31. The van der Waals surface area contributed by atoms with Crippen molar-refractivity contribution in [3.63, 3.8) is 0 Å². The van der Waals surface area contributed by atoms with Gasteiger partial charge in [-0.1, -0.05) is 0 Å². The summed E-state index contributed by atoms with van der Waals surface area (Å²) in [5.41, 5.74) is 0.852. The molecule has 1 aromatic carbocycles. The van der Waals surface area contributed by atoms with E-state index in [0.29, 0.717) is 5.69 Å². The van der Waals surface area contributed by atoms with Gasteiger partial charge in [-0.25, -0.2) is 4.98 Å². The number of hydrogen-bond donors (Lipinski definition) is 0. The van der Waals surface area contributed by atoms with Crippen LogP contribution >= 0.6 is 0 Å². The Kier molecular flexibility index (Phi) is 4.10. The third-order valence-corrected chi connectivity index (χ3v) is 4.16. The Bertz CT molecular complexity index is 748. The fourth-order valence-corrected chi connectivity index (χ4v) is 2.93. The van der Waals surface area contributed by atoms with E-state index in [0.717, 1.165) is 32.4 Å². The van der Waals surface area contributed by atoms with Crippen LogP contribution in [0.25, 0.3) is 0 Å². The van der Waals surface area contributed by atoms with Gasteiger partial charge in [-0.3, -0.25) is 14.9 Å². The predicted molar refractivity (Wildman–Crippen MR) is 85.8 cm³/mol. The minimum Gasteiger partial charge on any atom is -0.366 e. The van der Waals surface area contributed by atoms with E-state index in [4.69, 9.17) is 0 Å². The molecule has 0 unspecified atom stereocenters. The number of nitro groups is 1. The van der Waals surface area contributed by atoms with E-state index in [1.165, 1.54) is 12.3 Å². The molecule has 2 heterocycles. The zero-order valence-electron chi connectivity index (χ0n) is 12.9. The molecule has 1 aromatic heterocycles. The maximum Gasteiger partial charge on any atom is 0.293 e. The number of rotatable bonds is 4. The van der Waals surface area contributed by atoms with Crippen molar-refractivity contribution < 1.29 is 9.72 Å². The Labute approximate surface area is 133 Å². The van der Waals surface area contributed by atoms with Crippen molar-refractivity contribution in [3.8, 4) is 0 Å². The van der Waals surface area contributed by atoms with E-state index in [1.807, 2.05) is 4.90 Å². The molecule has 0 aliphatic carbocycles. The highest BCUT2D eigenvalue weighted by atomic mass is 16.6. The van der Waals surface area contributed by atoms with Crippen LogP contribution in [0.5, 0.6) is 0 Å². The van der Waals surface area contributed by atoms with Gasteiger partial charge in [0.1, 0.15) is 5.69 Å². The van der Waals surface area contributed by atoms with E-state index in [-0.39, 0.29) is 22.9 Å². The summed E-state index contributed by atoms with van der Waals surface area (Å²) in [6.07, 6.45) is 6.42. The van der Waals surface area contributed by atoms with Crippen LogP contribution in [0.3, 0.4) is 0 Å². The van der Waals surface area contributed by atoms with Gasteiger partial charge in [0.25, 0.3) is 5.69 Å². The standard InChI is InChI=1S/C16H18N4O3/c1-18-10-7-17-16(18)15(21)12-5-6-13(14(11-12)20(22)23)19-8-3-2-4-9-19/h5-7,10-11H,2-4,8-9H2,1H3.